The zero-order chi connectivity index (χ0) is 26.8. The second-order valence-electron chi connectivity index (χ2n) is 7.98. The van der Waals surface area contributed by atoms with E-state index in [-0.39, 0.29) is 36.6 Å². The molecule has 192 valence electrons. The number of fused-ring (bicyclic) bond motifs is 1. The maximum absolute atomic E-state index is 13.7. The second kappa shape index (κ2) is 9.92. The first-order chi connectivity index (χ1) is 17.5. The van der Waals surface area contributed by atoms with Crippen LogP contribution < -0.4 is 15.5 Å². The van der Waals surface area contributed by atoms with E-state index in [9.17, 15) is 36.4 Å². The number of nitriles is 1. The molecule has 1 aliphatic rings. The summed E-state index contributed by atoms with van der Waals surface area (Å²) in [6.07, 6.45) is -6.64. The third-order valence-electron chi connectivity index (χ3n) is 5.52. The Kier molecular flexibility index (Phi) is 6.88. The van der Waals surface area contributed by atoms with E-state index in [0.29, 0.717) is 17.1 Å². The van der Waals surface area contributed by atoms with Gasteiger partial charge in [-0.1, -0.05) is 6.07 Å². The molecule has 0 saturated carbocycles. The van der Waals surface area contributed by atoms with Crippen molar-refractivity contribution in [1.82, 2.24) is 20.3 Å². The van der Waals surface area contributed by atoms with Gasteiger partial charge in [-0.05, 0) is 30.7 Å². The molecule has 2 aromatic heterocycles. The first-order valence-corrected chi connectivity index (χ1v) is 10.7. The monoisotopic (exact) mass is 521 g/mol. The number of alkyl halides is 6. The number of rotatable bonds is 5. The van der Waals surface area contributed by atoms with Crippen molar-refractivity contribution in [2.45, 2.75) is 25.3 Å². The highest BCUT2D eigenvalue weighted by atomic mass is 19.4. The molecule has 3 heterocycles. The smallest absolute Gasteiger partial charge is 0.365 e. The Morgan fingerprint density at radius 2 is 1.86 bits per heavy atom. The van der Waals surface area contributed by atoms with Gasteiger partial charge < -0.3 is 15.5 Å². The Labute approximate surface area is 206 Å². The summed E-state index contributed by atoms with van der Waals surface area (Å²) in [5, 5.41) is 13.9. The number of hydrogen-bond acceptors (Lipinski definition) is 7. The number of pyridine rings is 1. The lowest BCUT2D eigenvalue weighted by Gasteiger charge is -2.32. The number of nitrogens with one attached hydrogen (secondary N) is 2. The van der Waals surface area contributed by atoms with Crippen LogP contribution in [0, 0.1) is 11.3 Å². The summed E-state index contributed by atoms with van der Waals surface area (Å²) in [5.41, 5.74) is -0.541. The van der Waals surface area contributed by atoms with E-state index in [1.54, 1.807) is 11.4 Å². The van der Waals surface area contributed by atoms with E-state index < -0.39 is 35.9 Å². The molecule has 14 heteroatoms. The highest BCUT2D eigenvalue weighted by molar-refractivity contribution is 5.94. The van der Waals surface area contributed by atoms with Crippen molar-refractivity contribution >= 4 is 23.2 Å². The lowest BCUT2D eigenvalue weighted by atomic mass is 10.0. The second-order valence-corrected chi connectivity index (χ2v) is 7.98. The third kappa shape index (κ3) is 5.88. The van der Waals surface area contributed by atoms with Gasteiger partial charge in [-0.25, -0.2) is 15.0 Å². The predicted molar refractivity (Wildman–Crippen MR) is 119 cm³/mol. The van der Waals surface area contributed by atoms with Crippen LogP contribution in [0.1, 0.15) is 32.7 Å². The van der Waals surface area contributed by atoms with E-state index in [1.165, 1.54) is 35.5 Å². The molecule has 0 radical (unpaired) electrons. The van der Waals surface area contributed by atoms with Gasteiger partial charge in [0.25, 0.3) is 5.91 Å². The number of nitrogens with zero attached hydrogens (tertiary/aromatic N) is 5. The Bertz CT molecular complexity index is 1350. The van der Waals surface area contributed by atoms with Gasteiger partial charge in [0.1, 0.15) is 24.5 Å². The van der Waals surface area contributed by atoms with Gasteiger partial charge in [0, 0.05) is 18.3 Å². The molecule has 0 unspecified atom stereocenters. The summed E-state index contributed by atoms with van der Waals surface area (Å²) in [6.45, 7) is -1.24. The van der Waals surface area contributed by atoms with Gasteiger partial charge in [0.05, 0.1) is 40.7 Å². The van der Waals surface area contributed by atoms with Gasteiger partial charge in [-0.15, -0.1) is 0 Å². The Hall–Kier alpha value is -4.41. The van der Waals surface area contributed by atoms with E-state index in [2.05, 4.69) is 20.3 Å². The summed E-state index contributed by atoms with van der Waals surface area (Å²) in [7, 11) is 0. The average Bonchev–Trinajstić information content (AvgIpc) is 2.86. The first-order valence-electron chi connectivity index (χ1n) is 10.7. The quantitative estimate of drug-likeness (QED) is 0.481. The van der Waals surface area contributed by atoms with E-state index in [4.69, 9.17) is 0 Å². The molecule has 37 heavy (non-hydrogen) atoms. The first kappa shape index (κ1) is 25.7. The number of anilines is 3. The van der Waals surface area contributed by atoms with Gasteiger partial charge in [-0.3, -0.25) is 4.79 Å². The molecule has 2 N–H and O–H groups in total. The maximum Gasteiger partial charge on any atom is 0.419 e. The topological polar surface area (TPSA) is 107 Å². The van der Waals surface area contributed by atoms with Crippen LogP contribution in [-0.4, -0.2) is 40.1 Å². The lowest BCUT2D eigenvalue weighted by Crippen LogP contribution is -2.33. The standard InChI is InChI=1S/C23H17F6N7O/c24-22(25,26)11-32-21(37)14-4-5-18(31-9-14)35-20-15-6-7-36(10-16(15)33-12-34-20)17-3-1-2-13(8-30)19(17)23(27,28)29/h1-5,9,12H,6-7,10-11H2,(H,32,37)(H,31,33,34,35). The normalized spacial score (nSPS) is 13.5. The largest absolute Gasteiger partial charge is 0.419 e. The minimum atomic E-state index is -4.72. The fourth-order valence-electron chi connectivity index (χ4n) is 3.87. The van der Waals surface area contributed by atoms with Crippen molar-refractivity contribution in [3.05, 3.63) is 70.8 Å². The summed E-state index contributed by atoms with van der Waals surface area (Å²) < 4.78 is 78.0. The minimum Gasteiger partial charge on any atom is -0.365 e. The van der Waals surface area contributed by atoms with Crippen molar-refractivity contribution in [3.63, 3.8) is 0 Å². The Morgan fingerprint density at radius 1 is 1.08 bits per heavy atom. The number of carbonyl (C=O) groups excluding carboxylic acids is 1. The molecule has 0 spiro atoms. The molecule has 1 amide bonds. The van der Waals surface area contributed by atoms with Gasteiger partial charge >= 0.3 is 12.4 Å². The fraction of sp³-hybridized carbons (Fsp3) is 0.261. The molecular formula is C23H17F6N7O. The van der Waals surface area contributed by atoms with Gasteiger partial charge in [0.2, 0.25) is 0 Å². The summed E-state index contributed by atoms with van der Waals surface area (Å²) in [4.78, 5) is 25.7. The number of carbonyl (C=O) groups is 1. The maximum atomic E-state index is 13.7. The van der Waals surface area contributed by atoms with Crippen molar-refractivity contribution in [2.75, 3.05) is 23.3 Å². The van der Waals surface area contributed by atoms with E-state index in [0.717, 1.165) is 12.3 Å². The zero-order valence-corrected chi connectivity index (χ0v) is 18.8. The molecule has 8 nitrogen and oxygen atoms in total. The van der Waals surface area contributed by atoms with Crippen molar-refractivity contribution in [1.29, 1.82) is 5.26 Å². The fourth-order valence-corrected chi connectivity index (χ4v) is 3.87. The predicted octanol–water partition coefficient (Wildman–Crippen LogP) is 4.36. The number of amides is 1. The summed E-state index contributed by atoms with van der Waals surface area (Å²) >= 11 is 0. The van der Waals surface area contributed by atoms with Crippen LogP contribution in [0.15, 0.2) is 42.9 Å². The molecule has 0 bridgehead atoms. The van der Waals surface area contributed by atoms with Crippen molar-refractivity contribution in [3.8, 4) is 6.07 Å². The summed E-state index contributed by atoms with van der Waals surface area (Å²) in [6, 6.07) is 8.09. The van der Waals surface area contributed by atoms with Gasteiger partial charge in [0.15, 0.2) is 0 Å². The number of aromatic nitrogens is 3. The molecule has 3 aromatic rings. The SMILES string of the molecule is N#Cc1cccc(N2CCc3c(ncnc3Nc3ccc(C(=O)NCC(F)(F)F)cn3)C2)c1C(F)(F)F. The van der Waals surface area contributed by atoms with Crippen LogP contribution in [0.3, 0.4) is 0 Å². The van der Waals surface area contributed by atoms with Crippen LogP contribution in [0.5, 0.6) is 0 Å². The average molecular weight is 521 g/mol. The molecule has 0 aliphatic carbocycles. The molecule has 1 aromatic carbocycles. The lowest BCUT2D eigenvalue weighted by molar-refractivity contribution is -0.137. The van der Waals surface area contributed by atoms with Crippen LogP contribution >= 0.6 is 0 Å². The summed E-state index contributed by atoms with van der Waals surface area (Å²) in [5.74, 6) is -0.334. The van der Waals surface area contributed by atoms with Crippen molar-refractivity contribution in [2.24, 2.45) is 0 Å². The Balaban J connectivity index is 1.52. The van der Waals surface area contributed by atoms with Crippen LogP contribution in [-0.2, 0) is 19.1 Å². The number of benzene rings is 1. The highest BCUT2D eigenvalue weighted by Gasteiger charge is 2.38. The molecule has 0 fully saturated rings. The minimum absolute atomic E-state index is 0.0379. The van der Waals surface area contributed by atoms with Crippen LogP contribution in [0.25, 0.3) is 0 Å². The zero-order valence-electron chi connectivity index (χ0n) is 18.8. The van der Waals surface area contributed by atoms with E-state index in [1.807, 2.05) is 0 Å². The molecule has 4 rings (SSSR count). The van der Waals surface area contributed by atoms with Crippen LogP contribution in [0.2, 0.25) is 0 Å². The molecule has 1 aliphatic heterocycles. The Morgan fingerprint density at radius 3 is 2.51 bits per heavy atom. The van der Waals surface area contributed by atoms with Crippen molar-refractivity contribution < 1.29 is 31.1 Å². The molecular weight excluding hydrogens is 504 g/mol. The van der Waals surface area contributed by atoms with Crippen LogP contribution in [0.4, 0.5) is 43.7 Å². The molecule has 0 atom stereocenters. The third-order valence-corrected chi connectivity index (χ3v) is 5.52. The highest BCUT2D eigenvalue weighted by Crippen LogP contribution is 2.40. The van der Waals surface area contributed by atoms with E-state index >= 15 is 0 Å². The molecule has 0 saturated heterocycles. The van der Waals surface area contributed by atoms with Gasteiger partial charge in [-0.2, -0.15) is 31.6 Å². The number of hydrogen-bond donors (Lipinski definition) is 2. The number of halogens is 6.